The molecule has 7 nitrogen and oxygen atoms in total. The first-order chi connectivity index (χ1) is 15.3. The van der Waals surface area contributed by atoms with Gasteiger partial charge in [-0.05, 0) is 56.7 Å². The maximum atomic E-state index is 12.9. The summed E-state index contributed by atoms with van der Waals surface area (Å²) in [5, 5.41) is 3.50. The fourth-order valence-electron chi connectivity index (χ4n) is 3.52. The molecule has 0 aliphatic carbocycles. The molecule has 0 spiro atoms. The molecule has 170 valence electrons. The van der Waals surface area contributed by atoms with Gasteiger partial charge in [0, 0.05) is 36.8 Å². The fourth-order valence-corrected chi connectivity index (χ4v) is 3.93. The van der Waals surface area contributed by atoms with Crippen LogP contribution < -0.4 is 15.0 Å². The molecule has 1 heterocycles. The van der Waals surface area contributed by atoms with Gasteiger partial charge < -0.3 is 19.9 Å². The van der Waals surface area contributed by atoms with E-state index >= 15 is 0 Å². The van der Waals surface area contributed by atoms with Gasteiger partial charge in [-0.1, -0.05) is 23.2 Å². The van der Waals surface area contributed by atoms with Crippen LogP contribution in [0.4, 0.5) is 11.4 Å². The molecule has 1 N–H and O–H groups in total. The number of carbonyl (C=O) groups excluding carboxylic acids is 3. The highest BCUT2D eigenvalue weighted by Gasteiger charge is 2.26. The minimum atomic E-state index is -0.391. The van der Waals surface area contributed by atoms with Crippen LogP contribution in [0.25, 0.3) is 0 Å². The molecule has 32 heavy (non-hydrogen) atoms. The predicted octanol–water partition coefficient (Wildman–Crippen LogP) is 4.62. The molecule has 0 atom stereocenters. The van der Waals surface area contributed by atoms with E-state index < -0.39 is 5.91 Å². The smallest absolute Gasteiger partial charge is 0.260 e. The zero-order chi connectivity index (χ0) is 23.3. The van der Waals surface area contributed by atoms with E-state index in [4.69, 9.17) is 27.9 Å². The topological polar surface area (TPSA) is 79.0 Å². The lowest BCUT2D eigenvalue weighted by Gasteiger charge is -2.20. The average Bonchev–Trinajstić information content (AvgIpc) is 3.19. The fraction of sp³-hybridized carbons (Fsp3) is 0.348. The quantitative estimate of drug-likeness (QED) is 0.601. The van der Waals surface area contributed by atoms with E-state index in [0.717, 1.165) is 6.42 Å². The Morgan fingerprint density at radius 1 is 1.12 bits per heavy atom. The Kier molecular flexibility index (Phi) is 7.99. The second kappa shape index (κ2) is 10.7. The summed E-state index contributed by atoms with van der Waals surface area (Å²) in [5.41, 5.74) is 1.28. The van der Waals surface area contributed by atoms with Gasteiger partial charge in [0.25, 0.3) is 11.8 Å². The SMILES string of the molecule is CCN(CC)C(=O)COc1ccc(NC(=O)c2ccc(Cl)cc2N2CCCC2=O)cc1Cl. The van der Waals surface area contributed by atoms with Crippen LogP contribution in [0.1, 0.15) is 37.0 Å². The molecule has 0 aromatic heterocycles. The largest absolute Gasteiger partial charge is 0.482 e. The van der Waals surface area contributed by atoms with Gasteiger partial charge in [-0.25, -0.2) is 0 Å². The van der Waals surface area contributed by atoms with E-state index in [1.54, 1.807) is 46.2 Å². The van der Waals surface area contributed by atoms with Crippen LogP contribution in [-0.4, -0.2) is 48.9 Å². The van der Waals surface area contributed by atoms with Crippen molar-refractivity contribution in [3.8, 4) is 5.75 Å². The molecule has 2 aromatic rings. The first-order valence-corrected chi connectivity index (χ1v) is 11.2. The maximum absolute atomic E-state index is 12.9. The van der Waals surface area contributed by atoms with Crippen molar-refractivity contribution in [3.05, 3.63) is 52.0 Å². The minimum Gasteiger partial charge on any atom is -0.482 e. The highest BCUT2D eigenvalue weighted by Crippen LogP contribution is 2.31. The van der Waals surface area contributed by atoms with Crippen LogP contribution in [0.15, 0.2) is 36.4 Å². The van der Waals surface area contributed by atoms with Gasteiger partial charge in [-0.15, -0.1) is 0 Å². The lowest BCUT2D eigenvalue weighted by Crippen LogP contribution is -2.34. The first-order valence-electron chi connectivity index (χ1n) is 10.5. The number of hydrogen-bond acceptors (Lipinski definition) is 4. The molecule has 0 saturated carbocycles. The Hall–Kier alpha value is -2.77. The molecule has 0 bridgehead atoms. The second-order valence-electron chi connectivity index (χ2n) is 7.26. The van der Waals surface area contributed by atoms with Gasteiger partial charge in [-0.2, -0.15) is 0 Å². The van der Waals surface area contributed by atoms with Crippen LogP contribution in [0.3, 0.4) is 0 Å². The molecule has 3 amide bonds. The number of ether oxygens (including phenoxy) is 1. The van der Waals surface area contributed by atoms with E-state index in [2.05, 4.69) is 5.32 Å². The third-order valence-corrected chi connectivity index (χ3v) is 5.76. The molecule has 9 heteroatoms. The number of hydrogen-bond donors (Lipinski definition) is 1. The Morgan fingerprint density at radius 3 is 2.50 bits per heavy atom. The zero-order valence-electron chi connectivity index (χ0n) is 18.0. The summed E-state index contributed by atoms with van der Waals surface area (Å²) in [6.45, 7) is 5.43. The number of benzene rings is 2. The van der Waals surface area contributed by atoms with Gasteiger partial charge in [0.2, 0.25) is 5.91 Å². The molecular weight excluding hydrogens is 453 g/mol. The summed E-state index contributed by atoms with van der Waals surface area (Å²) in [4.78, 5) is 40.5. The van der Waals surface area contributed by atoms with E-state index in [1.165, 1.54) is 0 Å². The monoisotopic (exact) mass is 477 g/mol. The van der Waals surface area contributed by atoms with Gasteiger partial charge in [-0.3, -0.25) is 14.4 Å². The predicted molar refractivity (Wildman–Crippen MR) is 126 cm³/mol. The number of carbonyl (C=O) groups is 3. The maximum Gasteiger partial charge on any atom is 0.260 e. The molecule has 1 fully saturated rings. The van der Waals surface area contributed by atoms with Gasteiger partial charge in [0.15, 0.2) is 6.61 Å². The zero-order valence-corrected chi connectivity index (χ0v) is 19.5. The third kappa shape index (κ3) is 5.53. The normalized spacial score (nSPS) is 13.2. The van der Waals surface area contributed by atoms with Gasteiger partial charge in [0.05, 0.1) is 16.3 Å². The van der Waals surface area contributed by atoms with E-state index in [1.807, 2.05) is 13.8 Å². The lowest BCUT2D eigenvalue weighted by molar-refractivity contribution is -0.133. The molecule has 0 radical (unpaired) electrons. The van der Waals surface area contributed by atoms with Crippen molar-refractivity contribution < 1.29 is 19.1 Å². The van der Waals surface area contributed by atoms with Gasteiger partial charge in [0.1, 0.15) is 5.75 Å². The summed E-state index contributed by atoms with van der Waals surface area (Å²) in [6, 6.07) is 9.61. The summed E-state index contributed by atoms with van der Waals surface area (Å²) in [5.74, 6) is -0.210. The van der Waals surface area contributed by atoms with Crippen molar-refractivity contribution in [1.82, 2.24) is 4.90 Å². The Balaban J connectivity index is 1.72. The van der Waals surface area contributed by atoms with E-state index in [-0.39, 0.29) is 23.4 Å². The number of nitrogens with one attached hydrogen (secondary N) is 1. The van der Waals surface area contributed by atoms with Crippen molar-refractivity contribution in [1.29, 1.82) is 0 Å². The van der Waals surface area contributed by atoms with Gasteiger partial charge >= 0.3 is 0 Å². The molecule has 1 aliphatic rings. The molecular formula is C23H25Cl2N3O4. The number of amides is 3. The summed E-state index contributed by atoms with van der Waals surface area (Å²) < 4.78 is 5.54. The van der Waals surface area contributed by atoms with Crippen molar-refractivity contribution in [2.24, 2.45) is 0 Å². The molecule has 2 aromatic carbocycles. The number of likely N-dealkylation sites (N-methyl/N-ethyl adjacent to an activating group) is 1. The van der Waals surface area contributed by atoms with Crippen molar-refractivity contribution in [2.75, 3.05) is 36.5 Å². The van der Waals surface area contributed by atoms with Crippen LogP contribution in [0, 0.1) is 0 Å². The standard InChI is InChI=1S/C23H25Cl2N3O4/c1-3-27(4-2)22(30)14-32-20-10-8-16(13-18(20)25)26-23(31)17-9-7-15(24)12-19(17)28-11-5-6-21(28)29/h7-10,12-13H,3-6,11,14H2,1-2H3,(H,26,31). The molecule has 1 saturated heterocycles. The highest BCUT2D eigenvalue weighted by molar-refractivity contribution is 6.32. The minimum absolute atomic E-state index is 0.0369. The Bertz CT molecular complexity index is 1020. The Morgan fingerprint density at radius 2 is 1.88 bits per heavy atom. The van der Waals surface area contributed by atoms with Crippen molar-refractivity contribution >= 4 is 52.3 Å². The summed E-state index contributed by atoms with van der Waals surface area (Å²) >= 11 is 12.4. The number of halogens is 2. The van der Waals surface area contributed by atoms with Crippen molar-refractivity contribution in [3.63, 3.8) is 0 Å². The van der Waals surface area contributed by atoms with Crippen LogP contribution in [0.5, 0.6) is 5.75 Å². The first kappa shape index (κ1) is 23.9. The van der Waals surface area contributed by atoms with E-state index in [9.17, 15) is 14.4 Å². The van der Waals surface area contributed by atoms with Crippen LogP contribution in [-0.2, 0) is 9.59 Å². The van der Waals surface area contributed by atoms with Crippen LogP contribution >= 0.6 is 23.2 Å². The highest BCUT2D eigenvalue weighted by atomic mass is 35.5. The van der Waals surface area contributed by atoms with Crippen LogP contribution in [0.2, 0.25) is 10.0 Å². The summed E-state index contributed by atoms with van der Waals surface area (Å²) in [7, 11) is 0. The van der Waals surface area contributed by atoms with Crippen molar-refractivity contribution in [2.45, 2.75) is 26.7 Å². The Labute approximate surface area is 197 Å². The molecule has 3 rings (SSSR count). The number of anilines is 2. The lowest BCUT2D eigenvalue weighted by atomic mass is 10.1. The molecule has 1 aliphatic heterocycles. The number of rotatable bonds is 8. The summed E-state index contributed by atoms with van der Waals surface area (Å²) in [6.07, 6.45) is 1.18. The number of nitrogens with zero attached hydrogens (tertiary/aromatic N) is 2. The van der Waals surface area contributed by atoms with E-state index in [0.29, 0.717) is 53.8 Å². The average molecular weight is 478 g/mol. The molecule has 0 unspecified atom stereocenters. The third-order valence-electron chi connectivity index (χ3n) is 5.23. The second-order valence-corrected chi connectivity index (χ2v) is 8.11.